The van der Waals surface area contributed by atoms with Crippen LogP contribution in [0.1, 0.15) is 24.0 Å². The van der Waals surface area contributed by atoms with Gasteiger partial charge in [0, 0.05) is 25.0 Å². The molecule has 1 aliphatic rings. The average Bonchev–Trinajstić information content (AvgIpc) is 2.97. The normalized spacial score (nSPS) is 14.0. The molecule has 3 aromatic rings. The minimum absolute atomic E-state index is 0.306. The number of hydrogen-bond acceptors (Lipinski definition) is 4. The molecular formula is C18H18ClN3S. The largest absolute Gasteiger partial charge is 0.362 e. The SMILES string of the molecule is CN(C)c1nc(Cl)nc2scc(-c3ccc4c(c3)CCCC4)c12. The number of aromatic nitrogens is 2. The first-order chi connectivity index (χ1) is 11.1. The second-order valence-electron chi connectivity index (χ2n) is 6.23. The van der Waals surface area contributed by atoms with Gasteiger partial charge in [-0.25, -0.2) is 4.98 Å². The van der Waals surface area contributed by atoms with Crippen LogP contribution < -0.4 is 4.90 Å². The molecule has 2 aromatic heterocycles. The van der Waals surface area contributed by atoms with Gasteiger partial charge in [-0.2, -0.15) is 4.98 Å². The van der Waals surface area contributed by atoms with Gasteiger partial charge in [0.25, 0.3) is 0 Å². The van der Waals surface area contributed by atoms with E-state index >= 15 is 0 Å². The van der Waals surface area contributed by atoms with Crippen LogP contribution in [0.4, 0.5) is 5.82 Å². The quantitative estimate of drug-likeness (QED) is 0.616. The molecule has 0 bridgehead atoms. The highest BCUT2D eigenvalue weighted by Crippen LogP contribution is 2.39. The molecular weight excluding hydrogens is 326 g/mol. The van der Waals surface area contributed by atoms with E-state index < -0.39 is 0 Å². The number of rotatable bonds is 2. The number of anilines is 1. The predicted molar refractivity (Wildman–Crippen MR) is 98.8 cm³/mol. The van der Waals surface area contributed by atoms with Gasteiger partial charge in [0.2, 0.25) is 5.28 Å². The Labute approximate surface area is 144 Å². The number of aryl methyl sites for hydroxylation is 2. The molecule has 0 atom stereocenters. The van der Waals surface area contributed by atoms with Crippen molar-refractivity contribution in [3.63, 3.8) is 0 Å². The van der Waals surface area contributed by atoms with Crippen LogP contribution in [0.25, 0.3) is 21.3 Å². The first-order valence-electron chi connectivity index (χ1n) is 7.88. The fourth-order valence-corrected chi connectivity index (χ4v) is 4.49. The summed E-state index contributed by atoms with van der Waals surface area (Å²) in [6, 6.07) is 6.88. The summed E-state index contributed by atoms with van der Waals surface area (Å²) in [5, 5.41) is 3.58. The average molecular weight is 344 g/mol. The zero-order valence-electron chi connectivity index (χ0n) is 13.3. The number of thiophene rings is 1. The zero-order chi connectivity index (χ0) is 16.0. The Kier molecular flexibility index (Phi) is 3.74. The highest BCUT2D eigenvalue weighted by molar-refractivity contribution is 7.17. The molecule has 0 amide bonds. The third-order valence-corrected chi connectivity index (χ3v) is 5.51. The molecule has 4 rings (SSSR count). The number of fused-ring (bicyclic) bond motifs is 2. The molecule has 0 spiro atoms. The minimum atomic E-state index is 0.306. The summed E-state index contributed by atoms with van der Waals surface area (Å²) in [5.41, 5.74) is 5.46. The van der Waals surface area contributed by atoms with Gasteiger partial charge in [-0.05, 0) is 54.0 Å². The molecule has 1 aromatic carbocycles. The number of benzene rings is 1. The highest BCUT2D eigenvalue weighted by atomic mass is 35.5. The van der Waals surface area contributed by atoms with Crippen LogP contribution >= 0.6 is 22.9 Å². The topological polar surface area (TPSA) is 29.0 Å². The maximum absolute atomic E-state index is 6.08. The molecule has 3 nitrogen and oxygen atoms in total. The second kappa shape index (κ2) is 5.77. The number of hydrogen-bond donors (Lipinski definition) is 0. The van der Waals surface area contributed by atoms with Gasteiger partial charge in [0.15, 0.2) is 0 Å². The fraction of sp³-hybridized carbons (Fsp3) is 0.333. The second-order valence-corrected chi connectivity index (χ2v) is 7.43. The number of halogens is 1. The van der Waals surface area contributed by atoms with E-state index in [0.717, 1.165) is 16.0 Å². The third-order valence-electron chi connectivity index (χ3n) is 4.47. The van der Waals surface area contributed by atoms with Crippen molar-refractivity contribution in [2.45, 2.75) is 25.7 Å². The first-order valence-corrected chi connectivity index (χ1v) is 9.13. The lowest BCUT2D eigenvalue weighted by atomic mass is 9.89. The fourth-order valence-electron chi connectivity index (χ4n) is 3.34. The van der Waals surface area contributed by atoms with Crippen LogP contribution in [0.3, 0.4) is 0 Å². The van der Waals surface area contributed by atoms with Crippen molar-refractivity contribution in [2.24, 2.45) is 0 Å². The minimum Gasteiger partial charge on any atom is -0.362 e. The van der Waals surface area contributed by atoms with Crippen molar-refractivity contribution in [3.8, 4) is 11.1 Å². The molecule has 0 aliphatic heterocycles. The van der Waals surface area contributed by atoms with E-state index in [1.165, 1.54) is 47.9 Å². The van der Waals surface area contributed by atoms with E-state index in [-0.39, 0.29) is 0 Å². The van der Waals surface area contributed by atoms with Crippen LogP contribution in [0.5, 0.6) is 0 Å². The van der Waals surface area contributed by atoms with Crippen molar-refractivity contribution in [3.05, 3.63) is 40.0 Å². The van der Waals surface area contributed by atoms with E-state index in [0.29, 0.717) is 5.28 Å². The Balaban J connectivity index is 1.92. The van der Waals surface area contributed by atoms with Crippen molar-refractivity contribution < 1.29 is 0 Å². The molecule has 0 N–H and O–H groups in total. The summed E-state index contributed by atoms with van der Waals surface area (Å²) in [6.07, 6.45) is 5.00. The van der Waals surface area contributed by atoms with Crippen LogP contribution in [-0.4, -0.2) is 24.1 Å². The molecule has 2 heterocycles. The Morgan fingerprint density at radius 3 is 2.65 bits per heavy atom. The highest BCUT2D eigenvalue weighted by Gasteiger charge is 2.17. The van der Waals surface area contributed by atoms with Crippen LogP contribution in [0, 0.1) is 0 Å². The van der Waals surface area contributed by atoms with Gasteiger partial charge in [-0.3, -0.25) is 0 Å². The Morgan fingerprint density at radius 1 is 1.09 bits per heavy atom. The van der Waals surface area contributed by atoms with Crippen molar-refractivity contribution in [1.29, 1.82) is 0 Å². The lowest BCUT2D eigenvalue weighted by Gasteiger charge is -2.17. The predicted octanol–water partition coefficient (Wildman–Crippen LogP) is 4.96. The molecule has 5 heteroatoms. The monoisotopic (exact) mass is 343 g/mol. The summed E-state index contributed by atoms with van der Waals surface area (Å²) >= 11 is 7.71. The summed E-state index contributed by atoms with van der Waals surface area (Å²) in [5.74, 6) is 0.883. The van der Waals surface area contributed by atoms with Crippen molar-refractivity contribution in [2.75, 3.05) is 19.0 Å². The summed E-state index contributed by atoms with van der Waals surface area (Å²) < 4.78 is 0. The van der Waals surface area contributed by atoms with Crippen molar-refractivity contribution in [1.82, 2.24) is 9.97 Å². The van der Waals surface area contributed by atoms with E-state index in [4.69, 9.17) is 11.6 Å². The molecule has 23 heavy (non-hydrogen) atoms. The zero-order valence-corrected chi connectivity index (χ0v) is 14.8. The number of nitrogens with zero attached hydrogens (tertiary/aromatic N) is 3. The molecule has 0 fully saturated rings. The Morgan fingerprint density at radius 2 is 1.87 bits per heavy atom. The Hall–Kier alpha value is -1.65. The smallest absolute Gasteiger partial charge is 0.225 e. The Bertz CT molecular complexity index is 885. The van der Waals surface area contributed by atoms with Gasteiger partial charge in [0.1, 0.15) is 10.6 Å². The van der Waals surface area contributed by atoms with E-state index in [1.807, 2.05) is 19.0 Å². The first kappa shape index (κ1) is 14.9. The van der Waals surface area contributed by atoms with Gasteiger partial charge in [-0.15, -0.1) is 11.3 Å². The summed E-state index contributed by atoms with van der Waals surface area (Å²) in [4.78, 5) is 11.8. The molecule has 0 radical (unpaired) electrons. The third kappa shape index (κ3) is 2.60. The van der Waals surface area contributed by atoms with Crippen LogP contribution in [0.2, 0.25) is 5.28 Å². The van der Waals surface area contributed by atoms with Gasteiger partial charge in [-0.1, -0.05) is 18.2 Å². The summed E-state index contributed by atoms with van der Waals surface area (Å²) in [6.45, 7) is 0. The van der Waals surface area contributed by atoms with E-state index in [1.54, 1.807) is 11.3 Å². The molecule has 0 saturated heterocycles. The van der Waals surface area contributed by atoms with Gasteiger partial charge >= 0.3 is 0 Å². The van der Waals surface area contributed by atoms with E-state index in [9.17, 15) is 0 Å². The lowest BCUT2D eigenvalue weighted by Crippen LogP contribution is -2.11. The van der Waals surface area contributed by atoms with Gasteiger partial charge in [0.05, 0.1) is 5.39 Å². The van der Waals surface area contributed by atoms with Crippen molar-refractivity contribution >= 4 is 39.0 Å². The standard InChI is InChI=1S/C18H18ClN3S/c1-22(2)16-15-14(10-23-17(15)21-18(19)20-16)13-8-7-11-5-3-4-6-12(11)9-13/h7-10H,3-6H2,1-2H3. The maximum atomic E-state index is 6.08. The van der Waals surface area contributed by atoms with E-state index in [2.05, 4.69) is 33.5 Å². The summed E-state index contributed by atoms with van der Waals surface area (Å²) in [7, 11) is 3.98. The lowest BCUT2D eigenvalue weighted by molar-refractivity contribution is 0.686. The molecule has 0 unspecified atom stereocenters. The van der Waals surface area contributed by atoms with Crippen LogP contribution in [-0.2, 0) is 12.8 Å². The van der Waals surface area contributed by atoms with Crippen LogP contribution in [0.15, 0.2) is 23.6 Å². The molecule has 118 valence electrons. The molecule has 0 saturated carbocycles. The maximum Gasteiger partial charge on any atom is 0.225 e. The molecule has 1 aliphatic carbocycles. The van der Waals surface area contributed by atoms with Gasteiger partial charge < -0.3 is 4.90 Å².